The molecule has 1 aromatic rings. The summed E-state index contributed by atoms with van der Waals surface area (Å²) in [5.74, 6) is -1.47. The molecule has 1 aliphatic rings. The van der Waals surface area contributed by atoms with Gasteiger partial charge in [0, 0.05) is 26.7 Å². The first-order chi connectivity index (χ1) is 11.3. The zero-order valence-electron chi connectivity index (χ0n) is 13.2. The predicted octanol–water partition coefficient (Wildman–Crippen LogP) is 1.96. The Morgan fingerprint density at radius 3 is 2.58 bits per heavy atom. The van der Waals surface area contributed by atoms with Gasteiger partial charge in [-0.05, 0) is 30.9 Å². The van der Waals surface area contributed by atoms with Crippen LogP contribution in [0.3, 0.4) is 0 Å². The van der Waals surface area contributed by atoms with Crippen LogP contribution in [0.4, 0.5) is 13.2 Å². The summed E-state index contributed by atoms with van der Waals surface area (Å²) < 4.78 is 47.3. The normalized spacial score (nSPS) is 16.2. The highest BCUT2D eigenvalue weighted by molar-refractivity contribution is 5.91. The second kappa shape index (κ2) is 7.69. The van der Waals surface area contributed by atoms with Gasteiger partial charge in [0.15, 0.2) is 5.76 Å². The Morgan fingerprint density at radius 2 is 2.00 bits per heavy atom. The number of alkyl halides is 3. The van der Waals surface area contributed by atoms with E-state index in [4.69, 9.17) is 9.15 Å². The summed E-state index contributed by atoms with van der Waals surface area (Å²) in [5.41, 5.74) is 0. The summed E-state index contributed by atoms with van der Waals surface area (Å²) >= 11 is 0. The third kappa shape index (κ3) is 4.73. The van der Waals surface area contributed by atoms with Crippen molar-refractivity contribution in [3.8, 4) is 0 Å². The lowest BCUT2D eigenvalue weighted by Gasteiger charge is -2.32. The molecular weight excluding hydrogens is 329 g/mol. The van der Waals surface area contributed by atoms with E-state index in [1.807, 2.05) is 0 Å². The SMILES string of the molecule is COCc1ccc(C(=O)NCC2CCN(C(=O)C(F)(F)F)CC2)o1. The fourth-order valence-electron chi connectivity index (χ4n) is 2.56. The molecule has 1 saturated heterocycles. The van der Waals surface area contributed by atoms with Gasteiger partial charge < -0.3 is 19.4 Å². The van der Waals surface area contributed by atoms with Crippen molar-refractivity contribution in [1.29, 1.82) is 0 Å². The highest BCUT2D eigenvalue weighted by Gasteiger charge is 2.43. The molecule has 2 rings (SSSR count). The number of piperidine rings is 1. The van der Waals surface area contributed by atoms with E-state index >= 15 is 0 Å². The summed E-state index contributed by atoms with van der Waals surface area (Å²) in [6, 6.07) is 3.17. The number of nitrogens with zero attached hydrogens (tertiary/aromatic N) is 1. The van der Waals surface area contributed by atoms with Crippen molar-refractivity contribution < 1.29 is 31.9 Å². The molecule has 1 aromatic heterocycles. The van der Waals surface area contributed by atoms with Crippen molar-refractivity contribution in [2.75, 3.05) is 26.7 Å². The first kappa shape index (κ1) is 18.3. The highest BCUT2D eigenvalue weighted by atomic mass is 19.4. The molecule has 0 aromatic carbocycles. The smallest absolute Gasteiger partial charge is 0.453 e. The third-order valence-corrected chi connectivity index (χ3v) is 3.87. The maximum Gasteiger partial charge on any atom is 0.471 e. The largest absolute Gasteiger partial charge is 0.471 e. The number of furan rings is 1. The Morgan fingerprint density at radius 1 is 1.33 bits per heavy atom. The van der Waals surface area contributed by atoms with Crippen LogP contribution in [0.25, 0.3) is 0 Å². The topological polar surface area (TPSA) is 71.8 Å². The van der Waals surface area contributed by atoms with Crippen LogP contribution in [0.15, 0.2) is 16.5 Å². The molecule has 0 saturated carbocycles. The molecule has 1 N–H and O–H groups in total. The number of carbonyl (C=O) groups is 2. The molecule has 9 heteroatoms. The molecule has 0 unspecified atom stereocenters. The number of ether oxygens (including phenoxy) is 1. The Hall–Kier alpha value is -2.03. The van der Waals surface area contributed by atoms with Gasteiger partial charge in [-0.25, -0.2) is 0 Å². The van der Waals surface area contributed by atoms with Crippen LogP contribution in [-0.4, -0.2) is 49.6 Å². The van der Waals surface area contributed by atoms with Crippen LogP contribution in [0.2, 0.25) is 0 Å². The minimum absolute atomic E-state index is 0.0274. The van der Waals surface area contributed by atoms with Gasteiger partial charge in [0.05, 0.1) is 0 Å². The minimum atomic E-state index is -4.83. The number of halogens is 3. The van der Waals surface area contributed by atoms with Crippen molar-refractivity contribution in [1.82, 2.24) is 10.2 Å². The Labute approximate surface area is 136 Å². The molecule has 24 heavy (non-hydrogen) atoms. The molecule has 0 spiro atoms. The lowest BCUT2D eigenvalue weighted by molar-refractivity contribution is -0.186. The van der Waals surface area contributed by atoms with Gasteiger partial charge in [-0.1, -0.05) is 0 Å². The van der Waals surface area contributed by atoms with Crippen LogP contribution in [0.1, 0.15) is 29.2 Å². The molecular formula is C15H19F3N2O4. The van der Waals surface area contributed by atoms with E-state index in [1.165, 1.54) is 13.2 Å². The van der Waals surface area contributed by atoms with E-state index in [2.05, 4.69) is 5.32 Å². The number of methoxy groups -OCH3 is 1. The van der Waals surface area contributed by atoms with E-state index in [1.54, 1.807) is 6.07 Å². The first-order valence-corrected chi connectivity index (χ1v) is 7.53. The van der Waals surface area contributed by atoms with Gasteiger partial charge in [0.2, 0.25) is 0 Å². The molecule has 6 nitrogen and oxygen atoms in total. The summed E-state index contributed by atoms with van der Waals surface area (Å²) in [7, 11) is 1.51. The fourth-order valence-corrected chi connectivity index (χ4v) is 2.56. The van der Waals surface area contributed by atoms with E-state index in [0.29, 0.717) is 25.1 Å². The summed E-state index contributed by atoms with van der Waals surface area (Å²) in [6.45, 7) is 0.668. The monoisotopic (exact) mass is 348 g/mol. The van der Waals surface area contributed by atoms with Gasteiger partial charge >= 0.3 is 12.1 Å². The number of amides is 2. The average molecular weight is 348 g/mol. The summed E-state index contributed by atoms with van der Waals surface area (Å²) in [5, 5.41) is 2.70. The lowest BCUT2D eigenvalue weighted by atomic mass is 9.96. The number of rotatable bonds is 5. The van der Waals surface area contributed by atoms with Gasteiger partial charge in [0.1, 0.15) is 12.4 Å². The van der Waals surface area contributed by atoms with Gasteiger partial charge in [-0.15, -0.1) is 0 Å². The number of hydrogen-bond acceptors (Lipinski definition) is 4. The lowest BCUT2D eigenvalue weighted by Crippen LogP contribution is -2.46. The summed E-state index contributed by atoms with van der Waals surface area (Å²) in [6.07, 6.45) is -4.01. The third-order valence-electron chi connectivity index (χ3n) is 3.87. The second-order valence-corrected chi connectivity index (χ2v) is 5.64. The molecule has 134 valence electrons. The van der Waals surface area contributed by atoms with Crippen LogP contribution in [-0.2, 0) is 16.1 Å². The zero-order chi connectivity index (χ0) is 17.7. The minimum Gasteiger partial charge on any atom is -0.453 e. The molecule has 0 aliphatic carbocycles. The van der Waals surface area contributed by atoms with Crippen molar-refractivity contribution in [2.24, 2.45) is 5.92 Å². The quantitative estimate of drug-likeness (QED) is 0.883. The Kier molecular flexibility index (Phi) is 5.87. The fraction of sp³-hybridized carbons (Fsp3) is 0.600. The zero-order valence-corrected chi connectivity index (χ0v) is 13.2. The summed E-state index contributed by atoms with van der Waals surface area (Å²) in [4.78, 5) is 23.9. The van der Waals surface area contributed by atoms with E-state index in [0.717, 1.165) is 4.90 Å². The Balaban J connectivity index is 1.76. The number of likely N-dealkylation sites (tertiary alicyclic amines) is 1. The van der Waals surface area contributed by atoms with E-state index < -0.39 is 12.1 Å². The number of hydrogen-bond donors (Lipinski definition) is 1. The first-order valence-electron chi connectivity index (χ1n) is 7.53. The van der Waals surface area contributed by atoms with Crippen LogP contribution < -0.4 is 5.32 Å². The van der Waals surface area contributed by atoms with Gasteiger partial charge in [-0.2, -0.15) is 13.2 Å². The predicted molar refractivity (Wildman–Crippen MR) is 77.1 cm³/mol. The second-order valence-electron chi connectivity index (χ2n) is 5.64. The van der Waals surface area contributed by atoms with Gasteiger partial charge in [-0.3, -0.25) is 9.59 Å². The van der Waals surface area contributed by atoms with Crippen molar-refractivity contribution >= 4 is 11.8 Å². The maximum absolute atomic E-state index is 12.4. The van der Waals surface area contributed by atoms with E-state index in [-0.39, 0.29) is 37.3 Å². The number of nitrogens with one attached hydrogen (secondary N) is 1. The Bertz CT molecular complexity index is 578. The van der Waals surface area contributed by atoms with Crippen LogP contribution >= 0.6 is 0 Å². The average Bonchev–Trinajstić information content (AvgIpc) is 3.00. The molecule has 1 fully saturated rings. The van der Waals surface area contributed by atoms with Gasteiger partial charge in [0.25, 0.3) is 5.91 Å². The molecule has 0 bridgehead atoms. The van der Waals surface area contributed by atoms with Crippen molar-refractivity contribution in [3.63, 3.8) is 0 Å². The van der Waals surface area contributed by atoms with Crippen molar-refractivity contribution in [3.05, 3.63) is 23.7 Å². The molecule has 2 heterocycles. The molecule has 0 radical (unpaired) electrons. The molecule has 2 amide bonds. The highest BCUT2D eigenvalue weighted by Crippen LogP contribution is 2.23. The van der Waals surface area contributed by atoms with Crippen LogP contribution in [0, 0.1) is 5.92 Å². The maximum atomic E-state index is 12.4. The number of carbonyl (C=O) groups excluding carboxylic acids is 2. The van der Waals surface area contributed by atoms with Crippen LogP contribution in [0.5, 0.6) is 0 Å². The van der Waals surface area contributed by atoms with Crippen molar-refractivity contribution in [2.45, 2.75) is 25.6 Å². The molecule has 0 atom stereocenters. The standard InChI is InChI=1S/C15H19F3N2O4/c1-23-9-11-2-3-12(24-11)13(21)19-8-10-4-6-20(7-5-10)14(22)15(16,17)18/h2-3,10H,4-9H2,1H3,(H,19,21). The molecule has 1 aliphatic heterocycles. The van der Waals surface area contributed by atoms with E-state index in [9.17, 15) is 22.8 Å².